The number of hydrogen-bond donors (Lipinski definition) is 1. The molecule has 0 saturated heterocycles. The third-order valence-electron chi connectivity index (χ3n) is 2.93. The lowest BCUT2D eigenvalue weighted by Crippen LogP contribution is -2.23. The number of alkyl halides is 3. The van der Waals surface area contributed by atoms with E-state index >= 15 is 0 Å². The number of carboxylic acids is 1. The van der Waals surface area contributed by atoms with Crippen LogP contribution < -0.4 is 0 Å². The average Bonchev–Trinajstić information content (AvgIpc) is 2.66. The van der Waals surface area contributed by atoms with E-state index < -0.39 is 24.5 Å². The van der Waals surface area contributed by atoms with Gasteiger partial charge in [-0.05, 0) is 17.7 Å². The van der Waals surface area contributed by atoms with Crippen LogP contribution in [0.4, 0.5) is 13.2 Å². The quantitative estimate of drug-likeness (QED) is 0.934. The summed E-state index contributed by atoms with van der Waals surface area (Å²) in [6.07, 6.45) is -4.09. The van der Waals surface area contributed by atoms with Gasteiger partial charge in [0, 0.05) is 7.05 Å². The first-order chi connectivity index (χ1) is 8.79. The van der Waals surface area contributed by atoms with Crippen LogP contribution in [-0.4, -0.2) is 26.8 Å². The Bertz CT molecular complexity index is 619. The van der Waals surface area contributed by atoms with Crippen LogP contribution in [0.5, 0.6) is 0 Å². The van der Waals surface area contributed by atoms with Crippen molar-refractivity contribution < 1.29 is 23.1 Å². The van der Waals surface area contributed by atoms with E-state index in [1.807, 2.05) is 0 Å². The van der Waals surface area contributed by atoms with E-state index in [1.165, 1.54) is 24.5 Å². The largest absolute Gasteiger partial charge is 0.481 e. The van der Waals surface area contributed by atoms with Crippen LogP contribution in [-0.2, 0) is 11.8 Å². The summed E-state index contributed by atoms with van der Waals surface area (Å²) in [4.78, 5) is 14.5. The summed E-state index contributed by atoms with van der Waals surface area (Å²) in [7, 11) is 1.73. The minimum Gasteiger partial charge on any atom is -0.481 e. The van der Waals surface area contributed by atoms with E-state index in [9.17, 15) is 18.0 Å². The first-order valence-electron chi connectivity index (χ1n) is 5.48. The van der Waals surface area contributed by atoms with E-state index in [1.54, 1.807) is 11.6 Å². The summed E-state index contributed by atoms with van der Waals surface area (Å²) in [6.45, 7) is 0. The molecular weight excluding hydrogens is 261 g/mol. The molecule has 1 aromatic carbocycles. The van der Waals surface area contributed by atoms with Gasteiger partial charge in [0.1, 0.15) is 0 Å². The molecule has 102 valence electrons. The standard InChI is InChI=1S/C12H11F3N2O2/c1-17-6-16-9-4-7(2-3-10(9)17)8(5-11(18)19)12(13,14)15/h2-4,6,8H,5H2,1H3,(H,18,19). The normalized spacial score (nSPS) is 13.7. The van der Waals surface area contributed by atoms with Crippen molar-refractivity contribution in [3.8, 4) is 0 Å². The van der Waals surface area contributed by atoms with Crippen molar-refractivity contribution in [1.29, 1.82) is 0 Å². The number of rotatable bonds is 3. The number of halogens is 3. The minimum atomic E-state index is -4.60. The van der Waals surface area contributed by atoms with Crippen LogP contribution in [0.25, 0.3) is 11.0 Å². The number of aryl methyl sites for hydroxylation is 1. The molecule has 19 heavy (non-hydrogen) atoms. The van der Waals surface area contributed by atoms with E-state index in [0.29, 0.717) is 11.0 Å². The molecule has 7 heteroatoms. The molecule has 1 N–H and O–H groups in total. The van der Waals surface area contributed by atoms with Crippen LogP contribution in [0.1, 0.15) is 17.9 Å². The highest BCUT2D eigenvalue weighted by atomic mass is 19.4. The van der Waals surface area contributed by atoms with Gasteiger partial charge in [-0.1, -0.05) is 6.07 Å². The molecule has 0 amide bonds. The predicted octanol–water partition coefficient (Wildman–Crippen LogP) is 2.69. The van der Waals surface area contributed by atoms with E-state index in [2.05, 4.69) is 4.98 Å². The Balaban J connectivity index is 2.46. The van der Waals surface area contributed by atoms with Crippen molar-refractivity contribution in [2.24, 2.45) is 7.05 Å². The lowest BCUT2D eigenvalue weighted by Gasteiger charge is -2.18. The lowest BCUT2D eigenvalue weighted by molar-refractivity contribution is -0.163. The second-order valence-electron chi connectivity index (χ2n) is 4.30. The van der Waals surface area contributed by atoms with Gasteiger partial charge in [0.2, 0.25) is 0 Å². The topological polar surface area (TPSA) is 55.1 Å². The summed E-state index contributed by atoms with van der Waals surface area (Å²) in [5.74, 6) is -3.50. The summed E-state index contributed by atoms with van der Waals surface area (Å²) in [5, 5.41) is 8.61. The summed E-state index contributed by atoms with van der Waals surface area (Å²) >= 11 is 0. The van der Waals surface area contributed by atoms with Crippen molar-refractivity contribution in [3.63, 3.8) is 0 Å². The molecule has 0 aliphatic heterocycles. The first kappa shape index (κ1) is 13.4. The first-order valence-corrected chi connectivity index (χ1v) is 5.48. The van der Waals surface area contributed by atoms with Crippen LogP contribution in [0.2, 0.25) is 0 Å². The number of hydrogen-bond acceptors (Lipinski definition) is 2. The Morgan fingerprint density at radius 2 is 2.16 bits per heavy atom. The van der Waals surface area contributed by atoms with Gasteiger partial charge in [-0.25, -0.2) is 4.98 Å². The number of carbonyl (C=O) groups is 1. The van der Waals surface area contributed by atoms with Gasteiger partial charge >= 0.3 is 12.1 Å². The number of benzene rings is 1. The number of nitrogens with zero attached hydrogens (tertiary/aromatic N) is 2. The van der Waals surface area contributed by atoms with Gasteiger partial charge in [-0.15, -0.1) is 0 Å². The van der Waals surface area contributed by atoms with Crippen molar-refractivity contribution in [3.05, 3.63) is 30.1 Å². The molecule has 2 rings (SSSR count). The predicted molar refractivity (Wildman–Crippen MR) is 61.8 cm³/mol. The molecule has 2 aromatic rings. The monoisotopic (exact) mass is 272 g/mol. The van der Waals surface area contributed by atoms with Gasteiger partial charge < -0.3 is 9.67 Å². The number of aliphatic carboxylic acids is 1. The maximum absolute atomic E-state index is 12.9. The van der Waals surface area contributed by atoms with Gasteiger partial charge in [-0.2, -0.15) is 13.2 Å². The van der Waals surface area contributed by atoms with Gasteiger partial charge in [-0.3, -0.25) is 4.79 Å². The number of imidazole rings is 1. The summed E-state index contributed by atoms with van der Waals surface area (Å²) < 4.78 is 40.3. The second-order valence-corrected chi connectivity index (χ2v) is 4.30. The molecule has 1 aromatic heterocycles. The van der Waals surface area contributed by atoms with Crippen LogP contribution in [0.15, 0.2) is 24.5 Å². The van der Waals surface area contributed by atoms with Crippen molar-refractivity contribution in [2.75, 3.05) is 0 Å². The molecule has 1 atom stereocenters. The zero-order valence-electron chi connectivity index (χ0n) is 9.98. The maximum Gasteiger partial charge on any atom is 0.396 e. The van der Waals surface area contributed by atoms with Gasteiger partial charge in [0.25, 0.3) is 0 Å². The van der Waals surface area contributed by atoms with E-state index in [0.717, 1.165) is 0 Å². The van der Waals surface area contributed by atoms with Gasteiger partial charge in [0.05, 0.1) is 29.7 Å². The lowest BCUT2D eigenvalue weighted by atomic mass is 9.95. The van der Waals surface area contributed by atoms with Crippen molar-refractivity contribution in [2.45, 2.75) is 18.5 Å². The van der Waals surface area contributed by atoms with Crippen LogP contribution >= 0.6 is 0 Å². The summed E-state index contributed by atoms with van der Waals surface area (Å²) in [5.41, 5.74) is 1.03. The molecule has 0 radical (unpaired) electrons. The van der Waals surface area contributed by atoms with E-state index in [4.69, 9.17) is 5.11 Å². The molecule has 0 aliphatic carbocycles. The van der Waals surface area contributed by atoms with Crippen LogP contribution in [0, 0.1) is 0 Å². The Kier molecular flexibility index (Phi) is 3.21. The molecule has 0 bridgehead atoms. The molecule has 0 saturated carbocycles. The number of carboxylic acid groups (broad SMARTS) is 1. The Morgan fingerprint density at radius 1 is 1.47 bits per heavy atom. The van der Waals surface area contributed by atoms with Crippen molar-refractivity contribution in [1.82, 2.24) is 9.55 Å². The zero-order valence-corrected chi connectivity index (χ0v) is 9.98. The molecule has 1 unspecified atom stereocenters. The molecule has 0 fully saturated rings. The fraction of sp³-hybridized carbons (Fsp3) is 0.333. The van der Waals surface area contributed by atoms with Crippen molar-refractivity contribution >= 4 is 17.0 Å². The summed E-state index contributed by atoms with van der Waals surface area (Å²) in [6, 6.07) is 4.10. The third kappa shape index (κ3) is 2.69. The Morgan fingerprint density at radius 3 is 2.74 bits per heavy atom. The highest BCUT2D eigenvalue weighted by Crippen LogP contribution is 2.38. The molecule has 0 aliphatic rings. The highest BCUT2D eigenvalue weighted by Gasteiger charge is 2.42. The highest BCUT2D eigenvalue weighted by molar-refractivity contribution is 5.76. The number of fused-ring (bicyclic) bond motifs is 1. The molecule has 0 spiro atoms. The van der Waals surface area contributed by atoms with Gasteiger partial charge in [0.15, 0.2) is 0 Å². The SMILES string of the molecule is Cn1cnc2cc(C(CC(=O)O)C(F)(F)F)ccc21. The zero-order chi connectivity index (χ0) is 14.2. The molecule has 4 nitrogen and oxygen atoms in total. The fourth-order valence-corrected chi connectivity index (χ4v) is 1.97. The maximum atomic E-state index is 12.9. The fourth-order valence-electron chi connectivity index (χ4n) is 1.97. The number of aromatic nitrogens is 2. The third-order valence-corrected chi connectivity index (χ3v) is 2.93. The van der Waals surface area contributed by atoms with E-state index in [-0.39, 0.29) is 5.56 Å². The Labute approximate surface area is 106 Å². The van der Waals surface area contributed by atoms with Crippen LogP contribution in [0.3, 0.4) is 0 Å². The second kappa shape index (κ2) is 4.56. The smallest absolute Gasteiger partial charge is 0.396 e. The Hall–Kier alpha value is -2.05. The molecular formula is C12H11F3N2O2. The molecule has 1 heterocycles. The average molecular weight is 272 g/mol. The minimum absolute atomic E-state index is 0.0823.